The largest absolute Gasteiger partial charge is 0.478 e. The van der Waals surface area contributed by atoms with Crippen molar-refractivity contribution in [2.45, 2.75) is 19.8 Å². The average molecular weight is 281 g/mol. The Bertz CT molecular complexity index is 794. The number of carboxylic acids is 1. The number of nitrogens with zero attached hydrogens (tertiary/aromatic N) is 3. The SMILES string of the molecule is Cc1cc(CCc2ccccc2)n2ncnc2c1C(=O)O. The first-order chi connectivity index (χ1) is 10.2. The minimum atomic E-state index is -0.972. The molecule has 0 bridgehead atoms. The molecule has 21 heavy (non-hydrogen) atoms. The fourth-order valence-electron chi connectivity index (χ4n) is 2.54. The summed E-state index contributed by atoms with van der Waals surface area (Å²) in [5, 5.41) is 13.5. The fourth-order valence-corrected chi connectivity index (χ4v) is 2.54. The van der Waals surface area contributed by atoms with Gasteiger partial charge in [-0.15, -0.1) is 0 Å². The maximum absolute atomic E-state index is 11.3. The van der Waals surface area contributed by atoms with E-state index in [-0.39, 0.29) is 5.56 Å². The van der Waals surface area contributed by atoms with E-state index in [2.05, 4.69) is 22.2 Å². The van der Waals surface area contributed by atoms with E-state index in [0.717, 1.165) is 18.5 Å². The number of carboxylic acid groups (broad SMARTS) is 1. The summed E-state index contributed by atoms with van der Waals surface area (Å²) in [5.41, 5.74) is 3.55. The van der Waals surface area contributed by atoms with Crippen molar-refractivity contribution in [3.05, 3.63) is 65.1 Å². The lowest BCUT2D eigenvalue weighted by atomic mass is 10.0. The minimum absolute atomic E-state index is 0.218. The molecule has 3 aromatic rings. The number of aryl methyl sites for hydroxylation is 3. The van der Waals surface area contributed by atoms with Gasteiger partial charge in [-0.05, 0) is 37.0 Å². The highest BCUT2D eigenvalue weighted by molar-refractivity contribution is 5.96. The van der Waals surface area contributed by atoms with Gasteiger partial charge in [0, 0.05) is 5.69 Å². The van der Waals surface area contributed by atoms with Gasteiger partial charge in [0.2, 0.25) is 0 Å². The van der Waals surface area contributed by atoms with Crippen molar-refractivity contribution in [1.29, 1.82) is 0 Å². The number of benzene rings is 1. The van der Waals surface area contributed by atoms with Gasteiger partial charge in [-0.2, -0.15) is 5.10 Å². The highest BCUT2D eigenvalue weighted by Gasteiger charge is 2.17. The van der Waals surface area contributed by atoms with Crippen molar-refractivity contribution in [2.24, 2.45) is 0 Å². The lowest BCUT2D eigenvalue weighted by Crippen LogP contribution is -2.09. The van der Waals surface area contributed by atoms with Gasteiger partial charge in [0.1, 0.15) is 11.9 Å². The van der Waals surface area contributed by atoms with Gasteiger partial charge < -0.3 is 5.11 Å². The second-order valence-electron chi connectivity index (χ2n) is 4.98. The van der Waals surface area contributed by atoms with E-state index in [4.69, 9.17) is 0 Å². The zero-order valence-electron chi connectivity index (χ0n) is 11.7. The standard InChI is InChI=1S/C16H15N3O2/c1-11-9-13(8-7-12-5-3-2-4-6-12)19-15(17-10-18-19)14(11)16(20)21/h2-6,9-10H,7-8H2,1H3,(H,20,21). The Hall–Kier alpha value is -2.69. The third kappa shape index (κ3) is 2.50. The summed E-state index contributed by atoms with van der Waals surface area (Å²) in [6.45, 7) is 1.80. The van der Waals surface area contributed by atoms with E-state index < -0.39 is 5.97 Å². The molecule has 1 N–H and O–H groups in total. The predicted molar refractivity (Wildman–Crippen MR) is 78.5 cm³/mol. The van der Waals surface area contributed by atoms with E-state index >= 15 is 0 Å². The first kappa shape index (κ1) is 13.3. The van der Waals surface area contributed by atoms with Crippen molar-refractivity contribution in [3.8, 4) is 0 Å². The third-order valence-electron chi connectivity index (χ3n) is 3.55. The number of fused-ring (bicyclic) bond motifs is 1. The minimum Gasteiger partial charge on any atom is -0.478 e. The van der Waals surface area contributed by atoms with Crippen molar-refractivity contribution in [1.82, 2.24) is 14.6 Å². The van der Waals surface area contributed by atoms with Crippen LogP contribution in [0, 0.1) is 6.92 Å². The number of hydrogen-bond donors (Lipinski definition) is 1. The van der Waals surface area contributed by atoms with Crippen LogP contribution in [0.1, 0.15) is 27.2 Å². The second-order valence-corrected chi connectivity index (χ2v) is 4.98. The van der Waals surface area contributed by atoms with Crippen LogP contribution in [0.15, 0.2) is 42.7 Å². The molecule has 0 unspecified atom stereocenters. The summed E-state index contributed by atoms with van der Waals surface area (Å²) in [6.07, 6.45) is 3.06. The van der Waals surface area contributed by atoms with Crippen molar-refractivity contribution in [2.75, 3.05) is 0 Å². The molecule has 5 nitrogen and oxygen atoms in total. The quantitative estimate of drug-likeness (QED) is 0.798. The summed E-state index contributed by atoms with van der Waals surface area (Å²) in [4.78, 5) is 15.4. The molecule has 1 aromatic carbocycles. The highest BCUT2D eigenvalue weighted by atomic mass is 16.4. The smallest absolute Gasteiger partial charge is 0.339 e. The molecule has 0 saturated carbocycles. The van der Waals surface area contributed by atoms with Crippen LogP contribution in [0.2, 0.25) is 0 Å². The van der Waals surface area contributed by atoms with Gasteiger partial charge in [0.15, 0.2) is 5.65 Å². The molecule has 0 fully saturated rings. The van der Waals surface area contributed by atoms with E-state index in [1.54, 1.807) is 11.4 Å². The maximum Gasteiger partial charge on any atom is 0.339 e. The Balaban J connectivity index is 1.98. The molecule has 0 amide bonds. The van der Waals surface area contributed by atoms with Gasteiger partial charge in [-0.1, -0.05) is 30.3 Å². The number of aromatic nitrogens is 3. The Morgan fingerprint density at radius 3 is 2.71 bits per heavy atom. The Morgan fingerprint density at radius 1 is 1.24 bits per heavy atom. The monoisotopic (exact) mass is 281 g/mol. The van der Waals surface area contributed by atoms with Gasteiger partial charge in [0.25, 0.3) is 0 Å². The molecule has 0 radical (unpaired) electrons. The van der Waals surface area contributed by atoms with Crippen LogP contribution in [-0.2, 0) is 12.8 Å². The lowest BCUT2D eigenvalue weighted by Gasteiger charge is -2.09. The van der Waals surface area contributed by atoms with E-state index in [1.807, 2.05) is 24.3 Å². The van der Waals surface area contributed by atoms with Crippen LogP contribution < -0.4 is 0 Å². The van der Waals surface area contributed by atoms with Gasteiger partial charge in [0.05, 0.1) is 0 Å². The predicted octanol–water partition coefficient (Wildman–Crippen LogP) is 2.52. The zero-order chi connectivity index (χ0) is 14.8. The first-order valence-corrected chi connectivity index (χ1v) is 6.76. The summed E-state index contributed by atoms with van der Waals surface area (Å²) in [6, 6.07) is 12.1. The van der Waals surface area contributed by atoms with Crippen LogP contribution in [-0.4, -0.2) is 25.7 Å². The van der Waals surface area contributed by atoms with Gasteiger partial charge in [-0.3, -0.25) is 0 Å². The van der Waals surface area contributed by atoms with Crippen LogP contribution in [0.3, 0.4) is 0 Å². The number of pyridine rings is 1. The topological polar surface area (TPSA) is 67.5 Å². The molecular weight excluding hydrogens is 266 g/mol. The lowest BCUT2D eigenvalue weighted by molar-refractivity contribution is 0.0697. The molecule has 3 rings (SSSR count). The van der Waals surface area contributed by atoms with E-state index in [1.165, 1.54) is 11.9 Å². The van der Waals surface area contributed by atoms with E-state index in [9.17, 15) is 9.90 Å². The Labute approximate surface area is 121 Å². The van der Waals surface area contributed by atoms with Crippen molar-refractivity contribution in [3.63, 3.8) is 0 Å². The zero-order valence-corrected chi connectivity index (χ0v) is 11.7. The fraction of sp³-hybridized carbons (Fsp3) is 0.188. The summed E-state index contributed by atoms with van der Waals surface area (Å²) in [7, 11) is 0. The molecule has 0 aliphatic rings. The molecule has 2 heterocycles. The number of rotatable bonds is 4. The van der Waals surface area contributed by atoms with Crippen LogP contribution >= 0.6 is 0 Å². The molecule has 106 valence electrons. The van der Waals surface area contributed by atoms with Gasteiger partial charge in [-0.25, -0.2) is 14.3 Å². The van der Waals surface area contributed by atoms with Crippen molar-refractivity contribution < 1.29 is 9.90 Å². The number of aromatic carboxylic acids is 1. The van der Waals surface area contributed by atoms with Gasteiger partial charge >= 0.3 is 5.97 Å². The summed E-state index contributed by atoms with van der Waals surface area (Å²) >= 11 is 0. The van der Waals surface area contributed by atoms with Crippen molar-refractivity contribution >= 4 is 11.6 Å². The van der Waals surface area contributed by atoms with E-state index in [0.29, 0.717) is 11.2 Å². The molecule has 5 heteroatoms. The number of hydrogen-bond acceptors (Lipinski definition) is 3. The molecule has 0 aliphatic carbocycles. The third-order valence-corrected chi connectivity index (χ3v) is 3.55. The molecule has 0 aliphatic heterocycles. The molecular formula is C16H15N3O2. The molecule has 0 atom stereocenters. The van der Waals surface area contributed by atoms with Crippen LogP contribution in [0.5, 0.6) is 0 Å². The average Bonchev–Trinajstić information content (AvgIpc) is 2.94. The first-order valence-electron chi connectivity index (χ1n) is 6.76. The van der Waals surface area contributed by atoms with Crippen LogP contribution in [0.25, 0.3) is 5.65 Å². The maximum atomic E-state index is 11.3. The van der Waals surface area contributed by atoms with Crippen LogP contribution in [0.4, 0.5) is 0 Å². The Kier molecular flexibility index (Phi) is 3.39. The molecule has 0 saturated heterocycles. The Morgan fingerprint density at radius 2 is 2.00 bits per heavy atom. The number of carbonyl (C=O) groups is 1. The summed E-state index contributed by atoms with van der Waals surface area (Å²) in [5.74, 6) is -0.972. The molecule has 0 spiro atoms. The summed E-state index contributed by atoms with van der Waals surface area (Å²) < 4.78 is 1.62. The second kappa shape index (κ2) is 5.36. The normalized spacial score (nSPS) is 10.9. The highest BCUT2D eigenvalue weighted by Crippen LogP contribution is 2.18. The molecule has 2 aromatic heterocycles.